The van der Waals surface area contributed by atoms with Crippen molar-refractivity contribution < 1.29 is 4.79 Å². The minimum Gasteiger partial charge on any atom is -0.314 e. The van der Waals surface area contributed by atoms with Gasteiger partial charge < -0.3 is 4.90 Å². The number of carbonyl (C=O) groups excluding carboxylic acids is 1. The average molecular weight is 274 g/mol. The second kappa shape index (κ2) is 6.39. The summed E-state index contributed by atoms with van der Waals surface area (Å²) in [5, 5.41) is 0.595. The molecule has 2 rings (SSSR count). The van der Waals surface area contributed by atoms with E-state index in [-0.39, 0.29) is 5.91 Å². The van der Waals surface area contributed by atoms with Gasteiger partial charge in [-0.05, 0) is 24.1 Å². The zero-order valence-electron chi connectivity index (χ0n) is 10.8. The Morgan fingerprint density at radius 3 is 2.37 bits per heavy atom. The van der Waals surface area contributed by atoms with Crippen LogP contribution < -0.4 is 4.90 Å². The van der Waals surface area contributed by atoms with E-state index in [1.807, 2.05) is 48.5 Å². The molecule has 0 saturated carbocycles. The van der Waals surface area contributed by atoms with E-state index >= 15 is 0 Å². The molecule has 0 atom stereocenters. The lowest BCUT2D eigenvalue weighted by atomic mass is 10.1. The molecule has 1 amide bonds. The van der Waals surface area contributed by atoms with Crippen LogP contribution in [0.5, 0.6) is 0 Å². The second-order valence-electron chi connectivity index (χ2n) is 4.39. The molecule has 2 aromatic rings. The van der Waals surface area contributed by atoms with Crippen LogP contribution in [0.25, 0.3) is 0 Å². The first kappa shape index (κ1) is 13.6. The maximum atomic E-state index is 12.1. The van der Waals surface area contributed by atoms with Gasteiger partial charge in [-0.2, -0.15) is 0 Å². The number of carbonyl (C=O) groups is 1. The van der Waals surface area contributed by atoms with E-state index in [9.17, 15) is 4.79 Å². The van der Waals surface area contributed by atoms with Crippen molar-refractivity contribution in [2.24, 2.45) is 0 Å². The maximum Gasteiger partial charge on any atom is 0.227 e. The highest BCUT2D eigenvalue weighted by Crippen LogP contribution is 2.24. The van der Waals surface area contributed by atoms with Crippen LogP contribution in [-0.4, -0.2) is 13.0 Å². The number of amides is 1. The number of hydrogen-bond donors (Lipinski definition) is 0. The van der Waals surface area contributed by atoms with Gasteiger partial charge in [-0.3, -0.25) is 4.79 Å². The standard InChI is InChI=1S/C16H16ClNO/c1-18(15-10-6-5-9-14(15)17)16(19)12-11-13-7-3-2-4-8-13/h2-10H,11-12H2,1H3. The van der Waals surface area contributed by atoms with Crippen molar-refractivity contribution in [2.45, 2.75) is 12.8 Å². The first-order valence-electron chi connectivity index (χ1n) is 6.23. The third kappa shape index (κ3) is 3.58. The van der Waals surface area contributed by atoms with Crippen LogP contribution in [0.15, 0.2) is 54.6 Å². The van der Waals surface area contributed by atoms with Gasteiger partial charge in [0.15, 0.2) is 0 Å². The van der Waals surface area contributed by atoms with Gasteiger partial charge in [-0.1, -0.05) is 54.1 Å². The van der Waals surface area contributed by atoms with Crippen LogP contribution in [0.4, 0.5) is 5.69 Å². The Kier molecular flexibility index (Phi) is 4.58. The minimum atomic E-state index is 0.0666. The molecule has 0 aliphatic rings. The molecule has 3 heteroatoms. The molecule has 0 saturated heterocycles. The Morgan fingerprint density at radius 1 is 1.05 bits per heavy atom. The number of hydrogen-bond acceptors (Lipinski definition) is 1. The SMILES string of the molecule is CN(C(=O)CCc1ccccc1)c1ccccc1Cl. The van der Waals surface area contributed by atoms with Crippen LogP contribution in [0.1, 0.15) is 12.0 Å². The fourth-order valence-corrected chi connectivity index (χ4v) is 2.18. The molecule has 0 fully saturated rings. The number of halogens is 1. The van der Waals surface area contributed by atoms with E-state index < -0.39 is 0 Å². The van der Waals surface area contributed by atoms with Gasteiger partial charge >= 0.3 is 0 Å². The Labute approximate surface area is 118 Å². The highest BCUT2D eigenvalue weighted by atomic mass is 35.5. The maximum absolute atomic E-state index is 12.1. The smallest absolute Gasteiger partial charge is 0.227 e. The van der Waals surface area contributed by atoms with Crippen LogP contribution in [0.3, 0.4) is 0 Å². The highest BCUT2D eigenvalue weighted by Gasteiger charge is 2.13. The van der Waals surface area contributed by atoms with E-state index in [2.05, 4.69) is 0 Å². The van der Waals surface area contributed by atoms with E-state index in [0.29, 0.717) is 11.4 Å². The van der Waals surface area contributed by atoms with Gasteiger partial charge in [0.25, 0.3) is 0 Å². The van der Waals surface area contributed by atoms with E-state index in [4.69, 9.17) is 11.6 Å². The first-order valence-corrected chi connectivity index (χ1v) is 6.61. The minimum absolute atomic E-state index is 0.0666. The molecule has 2 nitrogen and oxygen atoms in total. The van der Waals surface area contributed by atoms with Crippen molar-refractivity contribution in [1.29, 1.82) is 0 Å². The predicted octanol–water partition coefficient (Wildman–Crippen LogP) is 3.94. The summed E-state index contributed by atoms with van der Waals surface area (Å²) in [5.74, 6) is 0.0666. The summed E-state index contributed by atoms with van der Waals surface area (Å²) < 4.78 is 0. The number of benzene rings is 2. The largest absolute Gasteiger partial charge is 0.314 e. The number of para-hydroxylation sites is 1. The van der Waals surface area contributed by atoms with Gasteiger partial charge in [0.2, 0.25) is 5.91 Å². The molecule has 19 heavy (non-hydrogen) atoms. The molecule has 0 aliphatic heterocycles. The Bertz CT molecular complexity index is 554. The summed E-state index contributed by atoms with van der Waals surface area (Å²) in [6.07, 6.45) is 1.22. The average Bonchev–Trinajstić information content (AvgIpc) is 2.45. The zero-order chi connectivity index (χ0) is 13.7. The topological polar surface area (TPSA) is 20.3 Å². The zero-order valence-corrected chi connectivity index (χ0v) is 11.6. The third-order valence-corrected chi connectivity index (χ3v) is 3.38. The molecule has 0 heterocycles. The van der Waals surface area contributed by atoms with Crippen molar-refractivity contribution in [3.05, 3.63) is 65.2 Å². The lowest BCUT2D eigenvalue weighted by Gasteiger charge is -2.18. The second-order valence-corrected chi connectivity index (χ2v) is 4.80. The van der Waals surface area contributed by atoms with Crippen molar-refractivity contribution in [3.8, 4) is 0 Å². The Morgan fingerprint density at radius 2 is 1.68 bits per heavy atom. The van der Waals surface area contributed by atoms with Crippen molar-refractivity contribution in [3.63, 3.8) is 0 Å². The van der Waals surface area contributed by atoms with Crippen LogP contribution in [0, 0.1) is 0 Å². The molecule has 0 bridgehead atoms. The van der Waals surface area contributed by atoms with Gasteiger partial charge in [0.05, 0.1) is 10.7 Å². The molecular weight excluding hydrogens is 258 g/mol. The van der Waals surface area contributed by atoms with Gasteiger partial charge in [-0.25, -0.2) is 0 Å². The number of aryl methyl sites for hydroxylation is 1. The number of rotatable bonds is 4. The quantitative estimate of drug-likeness (QED) is 0.826. The molecule has 0 unspecified atom stereocenters. The fraction of sp³-hybridized carbons (Fsp3) is 0.188. The lowest BCUT2D eigenvalue weighted by Crippen LogP contribution is -2.26. The third-order valence-electron chi connectivity index (χ3n) is 3.06. The number of anilines is 1. The molecular formula is C16H16ClNO. The Balaban J connectivity index is 1.99. The predicted molar refractivity (Wildman–Crippen MR) is 79.6 cm³/mol. The van der Waals surface area contributed by atoms with Gasteiger partial charge in [0, 0.05) is 13.5 Å². The van der Waals surface area contributed by atoms with Crippen molar-refractivity contribution in [2.75, 3.05) is 11.9 Å². The van der Waals surface area contributed by atoms with Crippen LogP contribution >= 0.6 is 11.6 Å². The molecule has 0 spiro atoms. The van der Waals surface area contributed by atoms with Crippen molar-refractivity contribution in [1.82, 2.24) is 0 Å². The van der Waals surface area contributed by atoms with E-state index in [1.165, 1.54) is 5.56 Å². The monoisotopic (exact) mass is 273 g/mol. The molecule has 2 aromatic carbocycles. The molecule has 98 valence electrons. The fourth-order valence-electron chi connectivity index (χ4n) is 1.92. The molecule has 0 N–H and O–H groups in total. The van der Waals surface area contributed by atoms with Crippen LogP contribution in [0.2, 0.25) is 5.02 Å². The normalized spacial score (nSPS) is 10.2. The summed E-state index contributed by atoms with van der Waals surface area (Å²) in [6, 6.07) is 17.4. The summed E-state index contributed by atoms with van der Waals surface area (Å²) >= 11 is 6.09. The Hall–Kier alpha value is -1.80. The van der Waals surface area contributed by atoms with Gasteiger partial charge in [-0.15, -0.1) is 0 Å². The summed E-state index contributed by atoms with van der Waals surface area (Å²) in [5.41, 5.74) is 1.92. The molecule has 0 radical (unpaired) electrons. The summed E-state index contributed by atoms with van der Waals surface area (Å²) in [7, 11) is 1.76. The molecule has 0 aromatic heterocycles. The molecule has 0 aliphatic carbocycles. The lowest BCUT2D eigenvalue weighted by molar-refractivity contribution is -0.118. The first-order chi connectivity index (χ1) is 9.18. The van der Waals surface area contributed by atoms with E-state index in [1.54, 1.807) is 18.0 Å². The highest BCUT2D eigenvalue weighted by molar-refractivity contribution is 6.33. The van der Waals surface area contributed by atoms with Crippen molar-refractivity contribution >= 4 is 23.2 Å². The number of nitrogens with zero attached hydrogens (tertiary/aromatic N) is 1. The van der Waals surface area contributed by atoms with E-state index in [0.717, 1.165) is 12.1 Å². The van der Waals surface area contributed by atoms with Crippen LogP contribution in [-0.2, 0) is 11.2 Å². The van der Waals surface area contributed by atoms with Gasteiger partial charge in [0.1, 0.15) is 0 Å². The summed E-state index contributed by atoms with van der Waals surface area (Å²) in [4.78, 5) is 13.8. The summed E-state index contributed by atoms with van der Waals surface area (Å²) in [6.45, 7) is 0.